The lowest BCUT2D eigenvalue weighted by Crippen LogP contribution is -2.36. The van der Waals surface area contributed by atoms with Gasteiger partial charge < -0.3 is 5.32 Å². The molecule has 16 heavy (non-hydrogen) atoms. The van der Waals surface area contributed by atoms with Crippen LogP contribution in [0.3, 0.4) is 0 Å². The molecule has 1 aromatic carbocycles. The SMILES string of the molecule is C#CC(CC)NC(C)Cc1ccc(Cl)cc1. The van der Waals surface area contributed by atoms with E-state index in [0.29, 0.717) is 6.04 Å². The highest BCUT2D eigenvalue weighted by molar-refractivity contribution is 6.30. The second kappa shape index (κ2) is 6.58. The Kier molecular flexibility index (Phi) is 5.38. The summed E-state index contributed by atoms with van der Waals surface area (Å²) in [5.74, 6) is 2.75. The molecule has 2 unspecified atom stereocenters. The third-order valence-electron chi connectivity index (χ3n) is 2.55. The highest BCUT2D eigenvalue weighted by atomic mass is 35.5. The van der Waals surface area contributed by atoms with Gasteiger partial charge in [0.15, 0.2) is 0 Å². The summed E-state index contributed by atoms with van der Waals surface area (Å²) in [5.41, 5.74) is 1.27. The second-order valence-electron chi connectivity index (χ2n) is 4.03. The molecule has 0 aromatic heterocycles. The fourth-order valence-electron chi connectivity index (χ4n) is 1.66. The molecule has 1 nitrogen and oxygen atoms in total. The Morgan fingerprint density at radius 3 is 2.50 bits per heavy atom. The predicted molar refractivity (Wildman–Crippen MR) is 70.7 cm³/mol. The molecule has 86 valence electrons. The molecule has 0 spiro atoms. The Morgan fingerprint density at radius 2 is 2.00 bits per heavy atom. The van der Waals surface area contributed by atoms with Gasteiger partial charge in [0.25, 0.3) is 0 Å². The zero-order valence-corrected chi connectivity index (χ0v) is 10.6. The largest absolute Gasteiger partial charge is 0.301 e. The fourth-order valence-corrected chi connectivity index (χ4v) is 1.79. The van der Waals surface area contributed by atoms with Crippen molar-refractivity contribution in [1.29, 1.82) is 0 Å². The maximum Gasteiger partial charge on any atom is 0.0686 e. The molecule has 1 N–H and O–H groups in total. The van der Waals surface area contributed by atoms with Crippen molar-refractivity contribution in [3.63, 3.8) is 0 Å². The van der Waals surface area contributed by atoms with Gasteiger partial charge >= 0.3 is 0 Å². The smallest absolute Gasteiger partial charge is 0.0686 e. The summed E-state index contributed by atoms with van der Waals surface area (Å²) >= 11 is 5.84. The minimum Gasteiger partial charge on any atom is -0.301 e. The highest BCUT2D eigenvalue weighted by Crippen LogP contribution is 2.11. The van der Waals surface area contributed by atoms with E-state index in [1.807, 2.05) is 12.1 Å². The van der Waals surface area contributed by atoms with E-state index in [1.54, 1.807) is 0 Å². The zero-order chi connectivity index (χ0) is 12.0. The van der Waals surface area contributed by atoms with Crippen LogP contribution in [0.15, 0.2) is 24.3 Å². The maximum absolute atomic E-state index is 5.84. The predicted octanol–water partition coefficient (Wildman–Crippen LogP) is 3.27. The van der Waals surface area contributed by atoms with Crippen molar-refractivity contribution >= 4 is 11.6 Å². The number of hydrogen-bond donors (Lipinski definition) is 1. The molecule has 0 saturated heterocycles. The number of halogens is 1. The van der Waals surface area contributed by atoms with Crippen LogP contribution in [0.2, 0.25) is 5.02 Å². The highest BCUT2D eigenvalue weighted by Gasteiger charge is 2.07. The topological polar surface area (TPSA) is 12.0 Å². The molecular weight excluding hydrogens is 218 g/mol. The quantitative estimate of drug-likeness (QED) is 0.773. The number of benzene rings is 1. The first kappa shape index (κ1) is 13.1. The Morgan fingerprint density at radius 1 is 1.38 bits per heavy atom. The van der Waals surface area contributed by atoms with Gasteiger partial charge in [-0.05, 0) is 37.5 Å². The van der Waals surface area contributed by atoms with Crippen LogP contribution < -0.4 is 5.32 Å². The van der Waals surface area contributed by atoms with Crippen molar-refractivity contribution in [3.8, 4) is 12.3 Å². The molecule has 0 bridgehead atoms. The first-order valence-electron chi connectivity index (χ1n) is 5.62. The average molecular weight is 236 g/mol. The molecule has 0 saturated carbocycles. The van der Waals surface area contributed by atoms with E-state index in [4.69, 9.17) is 18.0 Å². The lowest BCUT2D eigenvalue weighted by molar-refractivity contribution is 0.493. The number of hydrogen-bond acceptors (Lipinski definition) is 1. The van der Waals surface area contributed by atoms with Crippen LogP contribution in [-0.2, 0) is 6.42 Å². The van der Waals surface area contributed by atoms with Gasteiger partial charge in [-0.3, -0.25) is 0 Å². The van der Waals surface area contributed by atoms with Crippen molar-refractivity contribution in [2.24, 2.45) is 0 Å². The van der Waals surface area contributed by atoms with Gasteiger partial charge in [0.1, 0.15) is 0 Å². The first-order valence-corrected chi connectivity index (χ1v) is 6.00. The molecular formula is C14H18ClN. The minimum atomic E-state index is 0.169. The molecule has 0 radical (unpaired) electrons. The molecule has 0 aliphatic rings. The summed E-state index contributed by atoms with van der Waals surface area (Å²) in [6.45, 7) is 4.24. The van der Waals surface area contributed by atoms with Gasteiger partial charge in [0, 0.05) is 11.1 Å². The van der Waals surface area contributed by atoms with Crippen LogP contribution in [0.1, 0.15) is 25.8 Å². The maximum atomic E-state index is 5.84. The molecule has 1 rings (SSSR count). The van der Waals surface area contributed by atoms with E-state index in [-0.39, 0.29) is 6.04 Å². The van der Waals surface area contributed by atoms with Crippen LogP contribution >= 0.6 is 11.6 Å². The van der Waals surface area contributed by atoms with Crippen molar-refractivity contribution in [2.45, 2.75) is 38.8 Å². The third kappa shape index (κ3) is 4.26. The molecule has 2 heteroatoms. The van der Waals surface area contributed by atoms with E-state index in [0.717, 1.165) is 17.9 Å². The zero-order valence-electron chi connectivity index (χ0n) is 9.83. The van der Waals surface area contributed by atoms with E-state index >= 15 is 0 Å². The standard InChI is InChI=1S/C14H18ClN/c1-4-14(5-2)16-11(3)10-12-6-8-13(15)9-7-12/h1,6-9,11,14,16H,5,10H2,2-3H3. The first-order chi connectivity index (χ1) is 7.65. The van der Waals surface area contributed by atoms with Crippen molar-refractivity contribution < 1.29 is 0 Å². The summed E-state index contributed by atoms with van der Waals surface area (Å²) in [5, 5.41) is 4.19. The van der Waals surface area contributed by atoms with Gasteiger partial charge in [-0.2, -0.15) is 0 Å². The van der Waals surface area contributed by atoms with Gasteiger partial charge in [0.2, 0.25) is 0 Å². The normalized spacial score (nSPS) is 14.1. The van der Waals surface area contributed by atoms with Crippen LogP contribution in [0.25, 0.3) is 0 Å². The molecule has 0 aliphatic carbocycles. The van der Waals surface area contributed by atoms with Crippen molar-refractivity contribution in [2.75, 3.05) is 0 Å². The lowest BCUT2D eigenvalue weighted by atomic mass is 10.1. The Labute approximate surface area is 103 Å². The minimum absolute atomic E-state index is 0.169. The molecule has 0 aliphatic heterocycles. The van der Waals surface area contributed by atoms with Gasteiger partial charge in [0.05, 0.1) is 6.04 Å². The molecule has 1 aromatic rings. The summed E-state index contributed by atoms with van der Waals surface area (Å²) in [6.07, 6.45) is 7.34. The second-order valence-corrected chi connectivity index (χ2v) is 4.46. The molecule has 0 heterocycles. The summed E-state index contributed by atoms with van der Waals surface area (Å²) in [7, 11) is 0. The van der Waals surface area contributed by atoms with Crippen molar-refractivity contribution in [3.05, 3.63) is 34.9 Å². The van der Waals surface area contributed by atoms with Crippen LogP contribution in [0.5, 0.6) is 0 Å². The summed E-state index contributed by atoms with van der Waals surface area (Å²) in [6, 6.07) is 8.49. The number of terminal acetylenes is 1. The lowest BCUT2D eigenvalue weighted by Gasteiger charge is -2.18. The van der Waals surface area contributed by atoms with Gasteiger partial charge in [-0.1, -0.05) is 36.6 Å². The van der Waals surface area contributed by atoms with Gasteiger partial charge in [-0.15, -0.1) is 6.42 Å². The van der Waals surface area contributed by atoms with Crippen molar-refractivity contribution in [1.82, 2.24) is 5.32 Å². The monoisotopic (exact) mass is 235 g/mol. The average Bonchev–Trinajstić information content (AvgIpc) is 2.29. The number of rotatable bonds is 5. The Hall–Kier alpha value is -0.970. The number of nitrogens with one attached hydrogen (secondary N) is 1. The van der Waals surface area contributed by atoms with Crippen LogP contribution in [0, 0.1) is 12.3 Å². The van der Waals surface area contributed by atoms with E-state index in [2.05, 4.69) is 37.2 Å². The van der Waals surface area contributed by atoms with E-state index in [1.165, 1.54) is 5.56 Å². The Balaban J connectivity index is 2.48. The fraction of sp³-hybridized carbons (Fsp3) is 0.429. The molecule has 2 atom stereocenters. The van der Waals surface area contributed by atoms with Crippen LogP contribution in [0.4, 0.5) is 0 Å². The summed E-state index contributed by atoms with van der Waals surface area (Å²) < 4.78 is 0. The Bertz CT molecular complexity index is 350. The van der Waals surface area contributed by atoms with E-state index < -0.39 is 0 Å². The van der Waals surface area contributed by atoms with Crippen LogP contribution in [-0.4, -0.2) is 12.1 Å². The van der Waals surface area contributed by atoms with E-state index in [9.17, 15) is 0 Å². The molecule has 0 fully saturated rings. The summed E-state index contributed by atoms with van der Waals surface area (Å²) in [4.78, 5) is 0. The third-order valence-corrected chi connectivity index (χ3v) is 2.80. The molecule has 0 amide bonds. The van der Waals surface area contributed by atoms with Gasteiger partial charge in [-0.25, -0.2) is 0 Å².